The summed E-state index contributed by atoms with van der Waals surface area (Å²) < 4.78 is 4.76. The quantitative estimate of drug-likeness (QED) is 0.714. The van der Waals surface area contributed by atoms with E-state index in [4.69, 9.17) is 4.74 Å². The van der Waals surface area contributed by atoms with Gasteiger partial charge < -0.3 is 4.74 Å². The maximum absolute atomic E-state index is 11.2. The number of Topliss-reactive ketones (excluding diaryl/α,β-unsaturated/α-hetero) is 1. The first-order valence-corrected chi connectivity index (χ1v) is 4.78. The van der Waals surface area contributed by atoms with Crippen molar-refractivity contribution in [3.05, 3.63) is 35.4 Å². The molecular formula is C12H16O2. The fraction of sp³-hybridized carbons (Fsp3) is 0.417. The van der Waals surface area contributed by atoms with E-state index in [2.05, 4.69) is 31.2 Å². The van der Waals surface area contributed by atoms with Crippen molar-refractivity contribution in [2.24, 2.45) is 0 Å². The van der Waals surface area contributed by atoms with Crippen LogP contribution in [-0.2, 0) is 16.0 Å². The van der Waals surface area contributed by atoms with E-state index in [9.17, 15) is 4.79 Å². The van der Waals surface area contributed by atoms with E-state index in [1.165, 1.54) is 11.1 Å². The van der Waals surface area contributed by atoms with Crippen molar-refractivity contribution >= 4 is 5.78 Å². The summed E-state index contributed by atoms with van der Waals surface area (Å²) >= 11 is 0. The van der Waals surface area contributed by atoms with E-state index < -0.39 is 0 Å². The molecule has 0 bridgehead atoms. The molecule has 0 radical (unpaired) electrons. The minimum absolute atomic E-state index is 0.160. The summed E-state index contributed by atoms with van der Waals surface area (Å²) in [5.74, 6) is 0.160. The van der Waals surface area contributed by atoms with Gasteiger partial charge in [0.15, 0.2) is 5.78 Å². The molecule has 0 fully saturated rings. The lowest BCUT2D eigenvalue weighted by Crippen LogP contribution is -2.07. The van der Waals surface area contributed by atoms with E-state index in [0.717, 1.165) is 6.42 Å². The molecule has 0 atom stereocenters. The lowest BCUT2D eigenvalue weighted by Gasteiger charge is -2.01. The summed E-state index contributed by atoms with van der Waals surface area (Å²) in [4.78, 5) is 11.2. The highest BCUT2D eigenvalue weighted by atomic mass is 16.5. The van der Waals surface area contributed by atoms with Gasteiger partial charge in [-0.3, -0.25) is 4.79 Å². The van der Waals surface area contributed by atoms with Gasteiger partial charge in [0.25, 0.3) is 0 Å². The van der Waals surface area contributed by atoms with Crippen molar-refractivity contribution < 1.29 is 9.53 Å². The highest BCUT2D eigenvalue weighted by Gasteiger charge is 2.01. The van der Waals surface area contributed by atoms with Gasteiger partial charge in [0.05, 0.1) is 0 Å². The summed E-state index contributed by atoms with van der Waals surface area (Å²) in [7, 11) is 1.55. The van der Waals surface area contributed by atoms with Crippen LogP contribution in [0.25, 0.3) is 0 Å². The molecule has 2 heteroatoms. The predicted octanol–water partition coefficient (Wildman–Crippen LogP) is 2.14. The summed E-state index contributed by atoms with van der Waals surface area (Å²) in [5, 5.41) is 0. The van der Waals surface area contributed by atoms with Gasteiger partial charge in [0, 0.05) is 13.5 Å². The second kappa shape index (κ2) is 5.55. The van der Waals surface area contributed by atoms with Gasteiger partial charge >= 0.3 is 0 Å². The van der Waals surface area contributed by atoms with Gasteiger partial charge in [-0.15, -0.1) is 0 Å². The Bertz CT molecular complexity index is 288. The molecule has 0 aliphatic rings. The van der Waals surface area contributed by atoms with Gasteiger partial charge in [-0.25, -0.2) is 0 Å². The Morgan fingerprint density at radius 3 is 2.50 bits per heavy atom. The molecule has 14 heavy (non-hydrogen) atoms. The van der Waals surface area contributed by atoms with Crippen LogP contribution in [0.5, 0.6) is 0 Å². The molecule has 0 heterocycles. The summed E-state index contributed by atoms with van der Waals surface area (Å²) in [6.45, 7) is 2.28. The molecule has 0 amide bonds. The third kappa shape index (κ3) is 3.71. The topological polar surface area (TPSA) is 26.3 Å². The minimum atomic E-state index is 0.160. The summed E-state index contributed by atoms with van der Waals surface area (Å²) in [5.41, 5.74) is 2.46. The first-order chi connectivity index (χ1) is 6.72. The van der Waals surface area contributed by atoms with E-state index in [1.54, 1.807) is 7.11 Å². The van der Waals surface area contributed by atoms with Crippen LogP contribution < -0.4 is 0 Å². The average Bonchev–Trinajstić information content (AvgIpc) is 2.17. The molecule has 0 spiro atoms. The lowest BCUT2D eigenvalue weighted by atomic mass is 10.1. The Balaban J connectivity index is 2.38. The van der Waals surface area contributed by atoms with E-state index in [-0.39, 0.29) is 12.4 Å². The van der Waals surface area contributed by atoms with Crippen LogP contribution in [0.3, 0.4) is 0 Å². The third-order valence-corrected chi connectivity index (χ3v) is 2.12. The van der Waals surface area contributed by atoms with Crippen LogP contribution in [0.1, 0.15) is 17.5 Å². The zero-order chi connectivity index (χ0) is 10.4. The van der Waals surface area contributed by atoms with E-state index in [1.807, 2.05) is 0 Å². The Morgan fingerprint density at radius 2 is 1.93 bits per heavy atom. The number of rotatable bonds is 5. The van der Waals surface area contributed by atoms with Gasteiger partial charge in [-0.2, -0.15) is 0 Å². The largest absolute Gasteiger partial charge is 0.377 e. The van der Waals surface area contributed by atoms with E-state index >= 15 is 0 Å². The molecule has 0 N–H and O–H groups in total. The van der Waals surface area contributed by atoms with Gasteiger partial charge in [-0.1, -0.05) is 29.8 Å². The summed E-state index contributed by atoms with van der Waals surface area (Å²) in [6.07, 6.45) is 1.37. The Morgan fingerprint density at radius 1 is 1.29 bits per heavy atom. The van der Waals surface area contributed by atoms with Crippen LogP contribution in [0.15, 0.2) is 24.3 Å². The molecule has 1 aromatic rings. The standard InChI is InChI=1S/C12H16O2/c1-10-3-5-11(6-4-10)7-8-12(13)9-14-2/h3-6H,7-9H2,1-2H3. The third-order valence-electron chi connectivity index (χ3n) is 2.12. The van der Waals surface area contributed by atoms with Crippen molar-refractivity contribution in [2.75, 3.05) is 13.7 Å². The first kappa shape index (κ1) is 10.9. The van der Waals surface area contributed by atoms with Crippen LogP contribution in [0.4, 0.5) is 0 Å². The molecule has 1 aromatic carbocycles. The number of carbonyl (C=O) groups is 1. The normalized spacial score (nSPS) is 10.1. The number of benzene rings is 1. The first-order valence-electron chi connectivity index (χ1n) is 4.78. The maximum atomic E-state index is 11.2. The number of methoxy groups -OCH3 is 1. The number of ether oxygens (including phenoxy) is 1. The second-order valence-corrected chi connectivity index (χ2v) is 3.46. The Hall–Kier alpha value is -1.15. The Kier molecular flexibility index (Phi) is 4.33. The summed E-state index contributed by atoms with van der Waals surface area (Å²) in [6, 6.07) is 8.26. The molecule has 0 unspecified atom stereocenters. The van der Waals surface area contributed by atoms with Crippen LogP contribution in [-0.4, -0.2) is 19.5 Å². The SMILES string of the molecule is COCC(=O)CCc1ccc(C)cc1. The zero-order valence-corrected chi connectivity index (χ0v) is 8.75. The van der Waals surface area contributed by atoms with Crippen molar-refractivity contribution in [2.45, 2.75) is 19.8 Å². The van der Waals surface area contributed by atoms with Crippen LogP contribution in [0, 0.1) is 6.92 Å². The highest BCUT2D eigenvalue weighted by molar-refractivity contribution is 5.79. The minimum Gasteiger partial charge on any atom is -0.377 e. The van der Waals surface area contributed by atoms with Crippen molar-refractivity contribution in [1.82, 2.24) is 0 Å². The van der Waals surface area contributed by atoms with Crippen molar-refractivity contribution in [3.63, 3.8) is 0 Å². The number of hydrogen-bond donors (Lipinski definition) is 0. The lowest BCUT2D eigenvalue weighted by molar-refractivity contribution is -0.122. The average molecular weight is 192 g/mol. The monoisotopic (exact) mass is 192 g/mol. The fourth-order valence-electron chi connectivity index (χ4n) is 1.27. The smallest absolute Gasteiger partial charge is 0.158 e. The molecule has 2 nitrogen and oxygen atoms in total. The maximum Gasteiger partial charge on any atom is 0.158 e. The molecule has 1 rings (SSSR count). The zero-order valence-electron chi connectivity index (χ0n) is 8.75. The molecule has 76 valence electrons. The number of carbonyl (C=O) groups excluding carboxylic acids is 1. The molecule has 0 aliphatic heterocycles. The molecule has 0 saturated heterocycles. The molecule has 0 saturated carbocycles. The molecule has 0 aliphatic carbocycles. The molecule has 0 aromatic heterocycles. The predicted molar refractivity (Wildman–Crippen MR) is 56.4 cm³/mol. The second-order valence-electron chi connectivity index (χ2n) is 3.46. The highest BCUT2D eigenvalue weighted by Crippen LogP contribution is 2.05. The number of hydrogen-bond acceptors (Lipinski definition) is 2. The number of aryl methyl sites for hydroxylation is 2. The van der Waals surface area contributed by atoms with Gasteiger partial charge in [0.2, 0.25) is 0 Å². The Labute approximate surface area is 84.9 Å². The fourth-order valence-corrected chi connectivity index (χ4v) is 1.27. The molecular weight excluding hydrogens is 176 g/mol. The van der Waals surface area contributed by atoms with Crippen molar-refractivity contribution in [3.8, 4) is 0 Å². The van der Waals surface area contributed by atoms with E-state index in [0.29, 0.717) is 6.42 Å². The number of ketones is 1. The van der Waals surface area contributed by atoms with Gasteiger partial charge in [0.1, 0.15) is 6.61 Å². The van der Waals surface area contributed by atoms with Gasteiger partial charge in [-0.05, 0) is 18.9 Å². The van der Waals surface area contributed by atoms with Crippen LogP contribution >= 0.6 is 0 Å². The van der Waals surface area contributed by atoms with Crippen molar-refractivity contribution in [1.29, 1.82) is 0 Å². The van der Waals surface area contributed by atoms with Crippen LogP contribution in [0.2, 0.25) is 0 Å².